The number of primary amides is 1. The lowest BCUT2D eigenvalue weighted by Crippen LogP contribution is -2.44. The second-order valence-corrected chi connectivity index (χ2v) is 15.2. The third-order valence-corrected chi connectivity index (χ3v) is 11.3. The molecule has 4 heterocycles. The van der Waals surface area contributed by atoms with Crippen LogP contribution in [-0.4, -0.2) is 86.1 Å². The normalized spacial score (nSPS) is 21.7. The number of nitrogens with one attached hydrogen (secondary N) is 3. The van der Waals surface area contributed by atoms with Crippen LogP contribution in [0.1, 0.15) is 88.9 Å². The van der Waals surface area contributed by atoms with Crippen molar-refractivity contribution < 1.29 is 28.7 Å². The third kappa shape index (κ3) is 8.23. The van der Waals surface area contributed by atoms with Crippen molar-refractivity contribution in [2.75, 3.05) is 20.2 Å². The molecular weight excluding hydrogens is 701 g/mol. The second kappa shape index (κ2) is 16.4. The molecule has 2 aliphatic heterocycles. The maximum Gasteiger partial charge on any atom is 0.407 e. The number of ether oxygens (including phenoxy) is 2. The lowest BCUT2D eigenvalue weighted by molar-refractivity contribution is -0.143. The maximum atomic E-state index is 13.6. The number of hydrogen-bond acceptors (Lipinski definition) is 8. The molecule has 14 heteroatoms. The lowest BCUT2D eigenvalue weighted by atomic mass is 9.85. The topological polar surface area (TPSA) is 189 Å². The van der Waals surface area contributed by atoms with Crippen LogP contribution < -0.4 is 11.1 Å². The number of benzene rings is 2. The van der Waals surface area contributed by atoms with E-state index in [1.807, 2.05) is 37.1 Å². The summed E-state index contributed by atoms with van der Waals surface area (Å²) in [6.45, 7) is 4.94. The first-order chi connectivity index (χ1) is 26.6. The number of aromatic nitrogens is 4. The summed E-state index contributed by atoms with van der Waals surface area (Å²) in [7, 11) is 1.36. The zero-order chi connectivity index (χ0) is 38.6. The average Bonchev–Trinajstić information content (AvgIpc) is 4.03. The van der Waals surface area contributed by atoms with Gasteiger partial charge in [-0.05, 0) is 79.5 Å². The molecule has 0 bridgehead atoms. The van der Waals surface area contributed by atoms with Crippen molar-refractivity contribution in [3.63, 3.8) is 0 Å². The molecule has 0 radical (unpaired) electrons. The van der Waals surface area contributed by atoms with Crippen LogP contribution in [0, 0.1) is 11.8 Å². The Labute approximate surface area is 320 Å². The number of carbonyl (C=O) groups excluding carboxylic acids is 4. The Bertz CT molecular complexity index is 1980. The Hall–Kier alpha value is -5.66. The van der Waals surface area contributed by atoms with Crippen LogP contribution in [0.2, 0.25) is 0 Å². The highest BCUT2D eigenvalue weighted by Gasteiger charge is 2.39. The molecule has 3 atom stereocenters. The Balaban J connectivity index is 0.968. The molecule has 0 spiro atoms. The number of aromatic amines is 2. The molecule has 2 aromatic heterocycles. The van der Waals surface area contributed by atoms with Crippen molar-refractivity contribution >= 4 is 24.0 Å². The molecule has 14 nitrogen and oxygen atoms in total. The fourth-order valence-electron chi connectivity index (χ4n) is 8.32. The minimum atomic E-state index is -0.959. The first kappa shape index (κ1) is 37.6. The molecule has 55 heavy (non-hydrogen) atoms. The van der Waals surface area contributed by atoms with E-state index < -0.39 is 18.3 Å². The van der Waals surface area contributed by atoms with E-state index >= 15 is 0 Å². The second-order valence-electron chi connectivity index (χ2n) is 15.2. The van der Waals surface area contributed by atoms with Crippen LogP contribution in [-0.2, 0) is 19.1 Å². The Kier molecular flexibility index (Phi) is 11.2. The van der Waals surface area contributed by atoms with Gasteiger partial charge in [-0.2, -0.15) is 0 Å². The highest BCUT2D eigenvalue weighted by atomic mass is 16.6. The van der Waals surface area contributed by atoms with Crippen LogP contribution in [0.3, 0.4) is 0 Å². The van der Waals surface area contributed by atoms with Gasteiger partial charge >= 0.3 is 12.2 Å². The zero-order valence-electron chi connectivity index (χ0n) is 31.6. The summed E-state index contributed by atoms with van der Waals surface area (Å²) in [6.07, 6.45) is 7.74. The van der Waals surface area contributed by atoms with Crippen molar-refractivity contribution in [2.24, 2.45) is 17.6 Å². The molecule has 3 aliphatic rings. The van der Waals surface area contributed by atoms with E-state index in [1.54, 1.807) is 11.1 Å². The summed E-state index contributed by atoms with van der Waals surface area (Å²) in [5.41, 5.74) is 11.1. The van der Waals surface area contributed by atoms with Crippen molar-refractivity contribution in [1.29, 1.82) is 0 Å². The van der Waals surface area contributed by atoms with Gasteiger partial charge in [-0.3, -0.25) is 9.59 Å². The fraction of sp³-hybridized carbons (Fsp3) is 0.463. The molecule has 4 aromatic rings. The SMILES string of the molecule is COC(=O)N[C@H]1CC[C@H](C(=O)N2CCC[C@H]2c2ncc(-c3ccc(-c4ccc(-c5cnc([C@@H]6CCCN6C(=O)[C@@H](OC(N)=O)C(C)C)[nH]5)cc4)cc3)[nH]2)CC1. The van der Waals surface area contributed by atoms with Gasteiger partial charge in [0.25, 0.3) is 5.91 Å². The van der Waals surface area contributed by atoms with Crippen molar-refractivity contribution in [1.82, 2.24) is 35.1 Å². The smallest absolute Gasteiger partial charge is 0.407 e. The first-order valence-electron chi connectivity index (χ1n) is 19.3. The Morgan fingerprint density at radius 2 is 1.24 bits per heavy atom. The summed E-state index contributed by atoms with van der Waals surface area (Å²) in [5.74, 6) is 1.18. The number of likely N-dealkylation sites (tertiary alicyclic amines) is 2. The molecular formula is C41H50N8O6. The van der Waals surface area contributed by atoms with Crippen molar-refractivity contribution in [3.05, 3.63) is 72.6 Å². The fourth-order valence-corrected chi connectivity index (χ4v) is 8.32. The summed E-state index contributed by atoms with van der Waals surface area (Å²) in [4.78, 5) is 70.1. The molecule has 4 amide bonds. The van der Waals surface area contributed by atoms with Gasteiger partial charge in [-0.15, -0.1) is 0 Å². The monoisotopic (exact) mass is 750 g/mol. The van der Waals surface area contributed by atoms with E-state index in [-0.39, 0.29) is 41.8 Å². The Morgan fingerprint density at radius 1 is 0.745 bits per heavy atom. The van der Waals surface area contributed by atoms with Gasteiger partial charge in [-0.1, -0.05) is 62.4 Å². The van der Waals surface area contributed by atoms with Crippen LogP contribution >= 0.6 is 0 Å². The van der Waals surface area contributed by atoms with Gasteiger partial charge < -0.3 is 40.3 Å². The molecule has 5 N–H and O–H groups in total. The quantitative estimate of drug-likeness (QED) is 0.141. The predicted octanol–water partition coefficient (Wildman–Crippen LogP) is 6.50. The number of imidazole rings is 2. The number of methoxy groups -OCH3 is 1. The number of H-pyrrole nitrogens is 2. The number of nitrogens with zero attached hydrogens (tertiary/aromatic N) is 4. The number of amides is 4. The largest absolute Gasteiger partial charge is 0.453 e. The van der Waals surface area contributed by atoms with E-state index in [9.17, 15) is 19.2 Å². The van der Waals surface area contributed by atoms with E-state index in [0.717, 1.165) is 97.4 Å². The lowest BCUT2D eigenvalue weighted by Gasteiger charge is -2.32. The highest BCUT2D eigenvalue weighted by molar-refractivity contribution is 5.84. The summed E-state index contributed by atoms with van der Waals surface area (Å²) >= 11 is 0. The minimum absolute atomic E-state index is 0.0422. The number of nitrogens with two attached hydrogens (primary N) is 1. The third-order valence-electron chi connectivity index (χ3n) is 11.3. The summed E-state index contributed by atoms with van der Waals surface area (Å²) < 4.78 is 9.90. The number of carbonyl (C=O) groups is 4. The molecule has 1 saturated carbocycles. The van der Waals surface area contributed by atoms with Gasteiger partial charge in [0, 0.05) is 25.0 Å². The predicted molar refractivity (Wildman–Crippen MR) is 205 cm³/mol. The molecule has 0 unspecified atom stereocenters. The van der Waals surface area contributed by atoms with E-state index in [1.165, 1.54) is 7.11 Å². The van der Waals surface area contributed by atoms with Gasteiger partial charge in [0.15, 0.2) is 6.10 Å². The van der Waals surface area contributed by atoms with Gasteiger partial charge in [0.2, 0.25) is 5.91 Å². The molecule has 2 saturated heterocycles. The van der Waals surface area contributed by atoms with E-state index in [2.05, 4.69) is 56.7 Å². The van der Waals surface area contributed by atoms with Gasteiger partial charge in [0.1, 0.15) is 11.6 Å². The molecule has 3 fully saturated rings. The minimum Gasteiger partial charge on any atom is -0.453 e. The summed E-state index contributed by atoms with van der Waals surface area (Å²) in [5, 5.41) is 2.87. The molecule has 7 rings (SSSR count). The molecule has 1 aliphatic carbocycles. The Morgan fingerprint density at radius 3 is 1.73 bits per heavy atom. The zero-order valence-corrected chi connectivity index (χ0v) is 31.6. The maximum absolute atomic E-state index is 13.6. The van der Waals surface area contributed by atoms with Crippen LogP contribution in [0.25, 0.3) is 33.6 Å². The van der Waals surface area contributed by atoms with Gasteiger partial charge in [-0.25, -0.2) is 19.6 Å². The van der Waals surface area contributed by atoms with Crippen LogP contribution in [0.4, 0.5) is 9.59 Å². The molecule has 290 valence electrons. The number of rotatable bonds is 10. The number of alkyl carbamates (subject to hydrolysis) is 1. The molecule has 2 aromatic carbocycles. The average molecular weight is 751 g/mol. The summed E-state index contributed by atoms with van der Waals surface area (Å²) in [6, 6.07) is 16.3. The van der Waals surface area contributed by atoms with Crippen LogP contribution in [0.15, 0.2) is 60.9 Å². The van der Waals surface area contributed by atoms with Gasteiger partial charge in [0.05, 0.1) is 43.0 Å². The van der Waals surface area contributed by atoms with Crippen molar-refractivity contribution in [2.45, 2.75) is 89.4 Å². The van der Waals surface area contributed by atoms with Crippen molar-refractivity contribution in [3.8, 4) is 33.6 Å². The van der Waals surface area contributed by atoms with E-state index in [4.69, 9.17) is 20.2 Å². The first-order valence-corrected chi connectivity index (χ1v) is 19.3. The van der Waals surface area contributed by atoms with Crippen LogP contribution in [0.5, 0.6) is 0 Å². The standard InChI is InChI=1S/C41H50N8O6/c1-24(2)35(55-40(42)52)39(51)49-21-5-7-34(49)37-44-23-32(47-37)28-14-10-26(11-15-28)25-8-12-27(13-9-25)31-22-43-36(46-31)33-6-4-20-48(33)38(50)29-16-18-30(19-17-29)45-41(53)54-3/h8-15,22-24,29-30,33-35H,4-7,16-21H2,1-3H3,(H2,42,52)(H,43,46)(H,44,47)(H,45,53)/t29-,30-,33-,34-,35-/m0/s1. The number of hydrogen-bond donors (Lipinski definition) is 4. The highest BCUT2D eigenvalue weighted by Crippen LogP contribution is 2.37. The van der Waals surface area contributed by atoms with E-state index in [0.29, 0.717) is 12.4 Å².